The van der Waals surface area contributed by atoms with Crippen LogP contribution in [0.5, 0.6) is 0 Å². The van der Waals surface area contributed by atoms with Crippen LogP contribution in [0.1, 0.15) is 43.6 Å². The molecule has 1 aromatic heterocycles. The zero-order valence-electron chi connectivity index (χ0n) is 16.2. The van der Waals surface area contributed by atoms with Crippen LogP contribution in [0.2, 0.25) is 0 Å². The van der Waals surface area contributed by atoms with Crippen LogP contribution in [0.15, 0.2) is 60.7 Å². The third-order valence-corrected chi connectivity index (χ3v) is 5.09. The Labute approximate surface area is 161 Å². The zero-order chi connectivity index (χ0) is 18.8. The molecule has 138 valence electrons. The molecule has 0 fully saturated rings. The Morgan fingerprint density at radius 3 is 2.41 bits per heavy atom. The minimum Gasteiger partial charge on any atom is -0.349 e. The van der Waals surface area contributed by atoms with Crippen molar-refractivity contribution in [1.29, 1.82) is 0 Å². The summed E-state index contributed by atoms with van der Waals surface area (Å²) in [5.41, 5.74) is 3.87. The molecule has 0 spiro atoms. The van der Waals surface area contributed by atoms with E-state index in [2.05, 4.69) is 73.5 Å². The number of hydrogen-bond donors (Lipinski definition) is 1. The van der Waals surface area contributed by atoms with E-state index in [0.717, 1.165) is 36.1 Å². The second kappa shape index (κ2) is 7.39. The smallest absolute Gasteiger partial charge is 0.136 e. The van der Waals surface area contributed by atoms with Crippen molar-refractivity contribution < 1.29 is 0 Å². The Hall–Kier alpha value is -2.88. The van der Waals surface area contributed by atoms with Crippen LogP contribution in [0.3, 0.4) is 0 Å². The maximum Gasteiger partial charge on any atom is 0.136 e. The van der Waals surface area contributed by atoms with Gasteiger partial charge in [-0.25, -0.2) is 9.97 Å². The first-order valence-electron chi connectivity index (χ1n) is 9.64. The van der Waals surface area contributed by atoms with E-state index in [0.29, 0.717) is 6.04 Å². The summed E-state index contributed by atoms with van der Waals surface area (Å²) in [5, 5.41) is 3.43. The highest BCUT2D eigenvalue weighted by Gasteiger charge is 2.25. The van der Waals surface area contributed by atoms with Crippen molar-refractivity contribution >= 4 is 17.3 Å². The number of hydrogen-bond acceptors (Lipinski definition) is 4. The van der Waals surface area contributed by atoms with Crippen LogP contribution in [-0.4, -0.2) is 16.0 Å². The van der Waals surface area contributed by atoms with Crippen molar-refractivity contribution in [3.05, 3.63) is 77.6 Å². The third-order valence-electron chi connectivity index (χ3n) is 5.09. The Balaban J connectivity index is 1.69. The van der Waals surface area contributed by atoms with Crippen LogP contribution < -0.4 is 10.2 Å². The van der Waals surface area contributed by atoms with E-state index in [1.54, 1.807) is 0 Å². The molecule has 27 heavy (non-hydrogen) atoms. The Kier molecular flexibility index (Phi) is 4.80. The fourth-order valence-corrected chi connectivity index (χ4v) is 3.58. The van der Waals surface area contributed by atoms with Gasteiger partial charge in [0.2, 0.25) is 0 Å². The molecule has 4 rings (SSSR count). The van der Waals surface area contributed by atoms with Gasteiger partial charge in [-0.05, 0) is 36.6 Å². The lowest BCUT2D eigenvalue weighted by Gasteiger charge is -2.36. The minimum atomic E-state index is 0.272. The highest BCUT2D eigenvalue weighted by atomic mass is 15.2. The molecule has 1 atom stereocenters. The van der Waals surface area contributed by atoms with Crippen molar-refractivity contribution in [2.24, 2.45) is 0 Å². The number of nitrogens with zero attached hydrogens (tertiary/aromatic N) is 3. The number of para-hydroxylation sites is 1. The monoisotopic (exact) mass is 358 g/mol. The van der Waals surface area contributed by atoms with E-state index in [1.807, 2.05) is 18.2 Å². The molecular formula is C23H26N4. The van der Waals surface area contributed by atoms with Gasteiger partial charge in [0.25, 0.3) is 0 Å². The quantitative estimate of drug-likeness (QED) is 0.687. The summed E-state index contributed by atoms with van der Waals surface area (Å²) < 4.78 is 0. The molecule has 0 saturated heterocycles. The molecule has 2 heterocycles. The Morgan fingerprint density at radius 2 is 1.67 bits per heavy atom. The third kappa shape index (κ3) is 3.80. The molecule has 0 radical (unpaired) electrons. The lowest BCUT2D eigenvalue weighted by molar-refractivity contribution is 0.583. The van der Waals surface area contributed by atoms with E-state index in [-0.39, 0.29) is 5.92 Å². The molecule has 4 nitrogen and oxygen atoms in total. The molecule has 2 aromatic carbocycles. The van der Waals surface area contributed by atoms with E-state index in [1.165, 1.54) is 11.1 Å². The van der Waals surface area contributed by atoms with Crippen molar-refractivity contribution in [2.45, 2.75) is 45.7 Å². The lowest BCUT2D eigenvalue weighted by Crippen LogP contribution is -2.39. The van der Waals surface area contributed by atoms with E-state index >= 15 is 0 Å². The molecule has 1 N–H and O–H groups in total. The highest BCUT2D eigenvalue weighted by molar-refractivity contribution is 5.60. The summed E-state index contributed by atoms with van der Waals surface area (Å²) in [6.07, 6.45) is 1.04. The number of benzene rings is 2. The van der Waals surface area contributed by atoms with Crippen LogP contribution in [0.4, 0.5) is 17.3 Å². The average Bonchev–Trinajstić information content (AvgIpc) is 2.68. The first-order valence-corrected chi connectivity index (χ1v) is 9.64. The zero-order valence-corrected chi connectivity index (χ0v) is 16.2. The van der Waals surface area contributed by atoms with Crippen molar-refractivity contribution in [1.82, 2.24) is 9.97 Å². The molecule has 0 amide bonds. The molecule has 0 bridgehead atoms. The molecule has 3 aromatic rings. The van der Waals surface area contributed by atoms with Gasteiger partial charge in [0.1, 0.15) is 17.5 Å². The average molecular weight is 358 g/mol. The molecule has 1 aliphatic rings. The van der Waals surface area contributed by atoms with Gasteiger partial charge in [0.15, 0.2) is 0 Å². The standard InChI is InChI=1S/C23H26N4/c1-16(2)23-25-21(24-20-11-5-4-6-12-20)14-22(26-23)27-15-19-10-8-7-9-18(19)13-17(27)3/h4-12,14,16-17H,13,15H2,1-3H3,(H,24,25,26)/t17-/m0/s1. The van der Waals surface area contributed by atoms with Gasteiger partial charge in [-0.1, -0.05) is 56.3 Å². The van der Waals surface area contributed by atoms with Gasteiger partial charge < -0.3 is 10.2 Å². The molecular weight excluding hydrogens is 332 g/mol. The number of fused-ring (bicyclic) bond motifs is 1. The summed E-state index contributed by atoms with van der Waals surface area (Å²) in [5.74, 6) is 2.99. The second-order valence-electron chi connectivity index (χ2n) is 7.57. The number of nitrogens with one attached hydrogen (secondary N) is 1. The topological polar surface area (TPSA) is 41.1 Å². The predicted molar refractivity (Wildman–Crippen MR) is 112 cm³/mol. The van der Waals surface area contributed by atoms with Crippen LogP contribution in [-0.2, 0) is 13.0 Å². The molecule has 0 unspecified atom stereocenters. The molecule has 0 saturated carbocycles. The highest BCUT2D eigenvalue weighted by Crippen LogP contribution is 2.30. The lowest BCUT2D eigenvalue weighted by atomic mass is 9.95. The normalized spacial score (nSPS) is 16.3. The first-order chi connectivity index (χ1) is 13.1. The van der Waals surface area contributed by atoms with E-state index in [9.17, 15) is 0 Å². The predicted octanol–water partition coefficient (Wildman–Crippen LogP) is 5.29. The second-order valence-corrected chi connectivity index (χ2v) is 7.57. The van der Waals surface area contributed by atoms with Gasteiger partial charge in [0.05, 0.1) is 0 Å². The largest absolute Gasteiger partial charge is 0.349 e. The summed E-state index contributed by atoms with van der Waals surface area (Å²) in [6.45, 7) is 7.44. The SMILES string of the molecule is CC(C)c1nc(Nc2ccccc2)cc(N2Cc3ccccc3C[C@@H]2C)n1. The number of anilines is 3. The summed E-state index contributed by atoms with van der Waals surface area (Å²) >= 11 is 0. The van der Waals surface area contributed by atoms with Gasteiger partial charge in [-0.3, -0.25) is 0 Å². The first kappa shape index (κ1) is 17.5. The van der Waals surface area contributed by atoms with Crippen molar-refractivity contribution in [2.75, 3.05) is 10.2 Å². The fraction of sp³-hybridized carbons (Fsp3) is 0.304. The Morgan fingerprint density at radius 1 is 0.963 bits per heavy atom. The number of aromatic nitrogens is 2. The van der Waals surface area contributed by atoms with Crippen molar-refractivity contribution in [3.63, 3.8) is 0 Å². The van der Waals surface area contributed by atoms with Gasteiger partial charge in [-0.2, -0.15) is 0 Å². The Bertz CT molecular complexity index is 921. The van der Waals surface area contributed by atoms with E-state index in [4.69, 9.17) is 9.97 Å². The minimum absolute atomic E-state index is 0.272. The summed E-state index contributed by atoms with van der Waals surface area (Å²) in [7, 11) is 0. The maximum atomic E-state index is 4.90. The maximum absolute atomic E-state index is 4.90. The summed E-state index contributed by atoms with van der Waals surface area (Å²) in [6, 6.07) is 21.4. The van der Waals surface area contributed by atoms with Gasteiger partial charge in [-0.15, -0.1) is 0 Å². The van der Waals surface area contributed by atoms with Gasteiger partial charge in [0, 0.05) is 30.3 Å². The number of rotatable bonds is 4. The van der Waals surface area contributed by atoms with Crippen LogP contribution in [0, 0.1) is 0 Å². The molecule has 1 aliphatic heterocycles. The fourth-order valence-electron chi connectivity index (χ4n) is 3.58. The van der Waals surface area contributed by atoms with Crippen molar-refractivity contribution in [3.8, 4) is 0 Å². The summed E-state index contributed by atoms with van der Waals surface area (Å²) in [4.78, 5) is 12.0. The van der Waals surface area contributed by atoms with Crippen LogP contribution >= 0.6 is 0 Å². The van der Waals surface area contributed by atoms with Gasteiger partial charge >= 0.3 is 0 Å². The molecule has 0 aliphatic carbocycles. The van der Waals surface area contributed by atoms with E-state index < -0.39 is 0 Å². The van der Waals surface area contributed by atoms with Crippen LogP contribution in [0.25, 0.3) is 0 Å². The molecule has 4 heteroatoms.